The number of thiazole rings is 1. The maximum Gasteiger partial charge on any atom is 0.282 e. The Bertz CT molecular complexity index is 908. The van der Waals surface area contributed by atoms with Gasteiger partial charge in [-0.05, 0) is 43.2 Å². The molecule has 2 aliphatic carbocycles. The molecule has 1 amide bonds. The zero-order chi connectivity index (χ0) is 20.7. The maximum absolute atomic E-state index is 13.4. The molecule has 2 aromatic rings. The molecular weight excluding hydrogens is 410 g/mol. The van der Waals surface area contributed by atoms with Crippen LogP contribution >= 0.6 is 11.3 Å². The van der Waals surface area contributed by atoms with E-state index in [2.05, 4.69) is 15.3 Å². The van der Waals surface area contributed by atoms with Crippen LogP contribution in [0.15, 0.2) is 23.7 Å². The highest BCUT2D eigenvalue weighted by molar-refractivity contribution is 7.09. The van der Waals surface area contributed by atoms with Crippen LogP contribution in [-0.4, -0.2) is 41.5 Å². The minimum Gasteiger partial charge on any atom is -0.476 e. The monoisotopic (exact) mass is 434 g/mol. The largest absolute Gasteiger partial charge is 0.476 e. The van der Waals surface area contributed by atoms with Crippen LogP contribution in [0, 0.1) is 11.8 Å². The number of nitrogens with zero attached hydrogens (tertiary/aromatic N) is 3. The van der Waals surface area contributed by atoms with Gasteiger partial charge in [-0.15, -0.1) is 11.3 Å². The van der Waals surface area contributed by atoms with E-state index in [-0.39, 0.29) is 36.6 Å². The number of ether oxygens (including phenoxy) is 1. The SMILES string of the molecule is O=C(NC(CC1CC1)c1nccs1)c1ccc(N2CC(F)(F)C2)c(OCC2CC2)n1. The van der Waals surface area contributed by atoms with Gasteiger partial charge in [-0.3, -0.25) is 4.79 Å². The molecule has 1 saturated heterocycles. The lowest BCUT2D eigenvalue weighted by atomic mass is 10.1. The van der Waals surface area contributed by atoms with Crippen LogP contribution in [0.2, 0.25) is 0 Å². The smallest absolute Gasteiger partial charge is 0.282 e. The molecule has 5 rings (SSSR count). The zero-order valence-electron chi connectivity index (χ0n) is 16.5. The lowest BCUT2D eigenvalue weighted by Crippen LogP contribution is -2.56. The number of aromatic nitrogens is 2. The lowest BCUT2D eigenvalue weighted by molar-refractivity contribution is -0.0265. The van der Waals surface area contributed by atoms with Crippen LogP contribution < -0.4 is 15.0 Å². The van der Waals surface area contributed by atoms with E-state index in [0.29, 0.717) is 24.1 Å². The first-order chi connectivity index (χ1) is 14.5. The highest BCUT2D eigenvalue weighted by Crippen LogP contribution is 2.39. The number of pyridine rings is 1. The summed E-state index contributed by atoms with van der Waals surface area (Å²) in [6, 6.07) is 3.11. The molecule has 3 aliphatic rings. The number of carbonyl (C=O) groups is 1. The minimum absolute atomic E-state index is 0.142. The molecule has 160 valence electrons. The summed E-state index contributed by atoms with van der Waals surface area (Å²) >= 11 is 1.53. The average molecular weight is 435 g/mol. The molecule has 30 heavy (non-hydrogen) atoms. The van der Waals surface area contributed by atoms with E-state index in [1.165, 1.54) is 24.2 Å². The van der Waals surface area contributed by atoms with Gasteiger partial charge in [0, 0.05) is 11.6 Å². The van der Waals surface area contributed by atoms with Crippen molar-refractivity contribution in [2.24, 2.45) is 11.8 Å². The third kappa shape index (κ3) is 4.55. The third-order valence-corrected chi connectivity index (χ3v) is 6.62. The number of amides is 1. The van der Waals surface area contributed by atoms with Crippen molar-refractivity contribution in [1.82, 2.24) is 15.3 Å². The van der Waals surface area contributed by atoms with Crippen molar-refractivity contribution in [3.05, 3.63) is 34.4 Å². The van der Waals surface area contributed by atoms with Crippen LogP contribution in [0.5, 0.6) is 5.88 Å². The molecule has 0 radical (unpaired) electrons. The van der Waals surface area contributed by atoms with Crippen LogP contribution in [0.3, 0.4) is 0 Å². The molecule has 9 heteroatoms. The van der Waals surface area contributed by atoms with Crippen molar-refractivity contribution < 1.29 is 18.3 Å². The molecule has 1 unspecified atom stereocenters. The van der Waals surface area contributed by atoms with E-state index in [9.17, 15) is 13.6 Å². The molecule has 0 bridgehead atoms. The van der Waals surface area contributed by atoms with Gasteiger partial charge in [0.2, 0.25) is 5.88 Å². The van der Waals surface area contributed by atoms with Gasteiger partial charge in [0.05, 0.1) is 25.7 Å². The van der Waals surface area contributed by atoms with E-state index >= 15 is 0 Å². The van der Waals surface area contributed by atoms with Crippen molar-refractivity contribution in [1.29, 1.82) is 0 Å². The number of nitrogens with one attached hydrogen (secondary N) is 1. The van der Waals surface area contributed by atoms with Gasteiger partial charge in [0.15, 0.2) is 0 Å². The number of halogens is 2. The zero-order valence-corrected chi connectivity index (χ0v) is 17.3. The topological polar surface area (TPSA) is 67.4 Å². The second-order valence-electron chi connectivity index (χ2n) is 8.56. The fraction of sp³-hybridized carbons (Fsp3) is 0.571. The summed E-state index contributed by atoms with van der Waals surface area (Å²) in [6.45, 7) is -0.209. The highest BCUT2D eigenvalue weighted by atomic mass is 32.1. The number of alkyl halides is 2. The van der Waals surface area contributed by atoms with Crippen molar-refractivity contribution in [2.75, 3.05) is 24.6 Å². The number of anilines is 1. The minimum atomic E-state index is -2.69. The van der Waals surface area contributed by atoms with Crippen LogP contribution in [0.25, 0.3) is 0 Å². The van der Waals surface area contributed by atoms with Crippen molar-refractivity contribution >= 4 is 22.9 Å². The third-order valence-electron chi connectivity index (χ3n) is 5.73. The van der Waals surface area contributed by atoms with E-state index in [1.807, 2.05) is 5.38 Å². The quantitative estimate of drug-likeness (QED) is 0.645. The Hall–Kier alpha value is -2.29. The Morgan fingerprint density at radius 2 is 2.03 bits per heavy atom. The summed E-state index contributed by atoms with van der Waals surface area (Å²) < 4.78 is 32.5. The Labute approximate surface area is 177 Å². The number of carbonyl (C=O) groups excluding carboxylic acids is 1. The second kappa shape index (κ2) is 7.76. The highest BCUT2D eigenvalue weighted by Gasteiger charge is 2.45. The Balaban J connectivity index is 1.33. The number of rotatable bonds is 9. The number of hydrogen-bond acceptors (Lipinski definition) is 6. The van der Waals surface area contributed by atoms with E-state index in [4.69, 9.17) is 4.74 Å². The van der Waals surface area contributed by atoms with Gasteiger partial charge < -0.3 is 15.0 Å². The first-order valence-electron chi connectivity index (χ1n) is 10.4. The fourth-order valence-corrected chi connectivity index (χ4v) is 4.32. The Kier molecular flexibility index (Phi) is 5.08. The summed E-state index contributed by atoms with van der Waals surface area (Å²) in [6.07, 6.45) is 7.19. The number of hydrogen-bond donors (Lipinski definition) is 1. The van der Waals surface area contributed by atoms with Gasteiger partial charge in [-0.1, -0.05) is 12.8 Å². The van der Waals surface area contributed by atoms with Crippen molar-refractivity contribution in [3.63, 3.8) is 0 Å². The molecule has 1 aliphatic heterocycles. The maximum atomic E-state index is 13.4. The summed E-state index contributed by atoms with van der Waals surface area (Å²) in [5.41, 5.74) is 0.752. The normalized spacial score (nSPS) is 21.1. The van der Waals surface area contributed by atoms with E-state index < -0.39 is 5.92 Å². The van der Waals surface area contributed by atoms with Crippen molar-refractivity contribution in [2.45, 2.75) is 44.1 Å². The molecule has 2 saturated carbocycles. The molecule has 3 fully saturated rings. The Morgan fingerprint density at radius 1 is 1.27 bits per heavy atom. The standard InChI is InChI=1S/C21H24F2N4O2S/c22-21(23)11-27(12-21)17-6-5-15(26-19(17)29-10-14-3-4-14)18(28)25-16(9-13-1-2-13)20-24-7-8-30-20/h5-8,13-14,16H,1-4,9-12H2,(H,25,28). The second-order valence-corrected chi connectivity index (χ2v) is 9.49. The van der Waals surface area contributed by atoms with E-state index in [0.717, 1.165) is 24.3 Å². The summed E-state index contributed by atoms with van der Waals surface area (Å²) in [4.78, 5) is 23.3. The van der Waals surface area contributed by atoms with Gasteiger partial charge >= 0.3 is 0 Å². The molecule has 1 N–H and O–H groups in total. The van der Waals surface area contributed by atoms with Crippen LogP contribution in [-0.2, 0) is 0 Å². The Morgan fingerprint density at radius 3 is 2.67 bits per heavy atom. The summed E-state index contributed by atoms with van der Waals surface area (Å²) in [7, 11) is 0. The first-order valence-corrected chi connectivity index (χ1v) is 11.3. The van der Waals surface area contributed by atoms with E-state index in [1.54, 1.807) is 23.2 Å². The van der Waals surface area contributed by atoms with Gasteiger partial charge in [-0.25, -0.2) is 18.7 Å². The van der Waals surface area contributed by atoms with Crippen molar-refractivity contribution in [3.8, 4) is 5.88 Å². The lowest BCUT2D eigenvalue weighted by Gasteiger charge is -2.40. The predicted molar refractivity (Wildman–Crippen MR) is 109 cm³/mol. The molecule has 3 heterocycles. The summed E-state index contributed by atoms with van der Waals surface area (Å²) in [5, 5.41) is 5.85. The average Bonchev–Trinajstić information content (AvgIpc) is 3.64. The molecule has 2 aromatic heterocycles. The predicted octanol–water partition coefficient (Wildman–Crippen LogP) is 4.05. The molecule has 6 nitrogen and oxygen atoms in total. The fourth-order valence-electron chi connectivity index (χ4n) is 3.62. The molecule has 1 atom stereocenters. The van der Waals surface area contributed by atoms with Gasteiger partial charge in [0.1, 0.15) is 16.4 Å². The molecule has 0 aromatic carbocycles. The first kappa shape index (κ1) is 19.7. The molecule has 0 spiro atoms. The van der Waals surface area contributed by atoms with Gasteiger partial charge in [-0.2, -0.15) is 0 Å². The van der Waals surface area contributed by atoms with Crippen LogP contribution in [0.4, 0.5) is 14.5 Å². The van der Waals surface area contributed by atoms with Gasteiger partial charge in [0.25, 0.3) is 11.8 Å². The van der Waals surface area contributed by atoms with Crippen LogP contribution in [0.1, 0.15) is 53.6 Å². The molecular formula is C21H24F2N4O2S. The summed E-state index contributed by atoms with van der Waals surface area (Å²) in [5.74, 6) is -1.61.